The molecule has 2 N–H and O–H groups in total. The van der Waals surface area contributed by atoms with Crippen LogP contribution in [-0.2, 0) is 16.1 Å². The fourth-order valence-corrected chi connectivity index (χ4v) is 2.10. The number of benzene rings is 2. The van der Waals surface area contributed by atoms with Crippen LogP contribution in [0.1, 0.15) is 19.4 Å². The third-order valence-corrected chi connectivity index (χ3v) is 3.93. The Balaban J connectivity index is 2.01. The summed E-state index contributed by atoms with van der Waals surface area (Å²) in [5.74, 6) is -2.89. The van der Waals surface area contributed by atoms with Crippen molar-refractivity contribution in [3.05, 3.63) is 64.7 Å². The molecule has 2 aromatic carbocycles. The van der Waals surface area contributed by atoms with E-state index in [9.17, 15) is 18.4 Å². The van der Waals surface area contributed by atoms with E-state index in [0.717, 1.165) is 17.7 Å². The Labute approximate surface area is 149 Å². The molecular weight excluding hydrogens is 350 g/mol. The molecule has 132 valence electrons. The van der Waals surface area contributed by atoms with Gasteiger partial charge in [-0.2, -0.15) is 0 Å². The third-order valence-electron chi connectivity index (χ3n) is 3.68. The Bertz CT molecular complexity index is 792. The van der Waals surface area contributed by atoms with Gasteiger partial charge < -0.3 is 10.6 Å². The number of carbonyl (C=O) groups is 2. The fraction of sp³-hybridized carbons (Fsp3) is 0.222. The van der Waals surface area contributed by atoms with Gasteiger partial charge in [-0.25, -0.2) is 8.78 Å². The van der Waals surface area contributed by atoms with Crippen LogP contribution in [0, 0.1) is 17.0 Å². The highest BCUT2D eigenvalue weighted by molar-refractivity contribution is 6.30. The lowest BCUT2D eigenvalue weighted by atomic mass is 9.90. The van der Waals surface area contributed by atoms with E-state index in [0.29, 0.717) is 11.1 Å². The molecule has 0 bridgehead atoms. The number of hydrogen-bond acceptors (Lipinski definition) is 2. The van der Waals surface area contributed by atoms with Crippen molar-refractivity contribution in [3.8, 4) is 0 Å². The van der Waals surface area contributed by atoms with Crippen LogP contribution in [0.2, 0.25) is 5.02 Å². The van der Waals surface area contributed by atoms with Gasteiger partial charge in [0.15, 0.2) is 0 Å². The molecule has 0 fully saturated rings. The maximum Gasteiger partial charge on any atom is 0.239 e. The second-order valence-electron chi connectivity index (χ2n) is 6.01. The first kappa shape index (κ1) is 18.9. The van der Waals surface area contributed by atoms with Gasteiger partial charge in [0.25, 0.3) is 0 Å². The Hall–Kier alpha value is -2.47. The highest BCUT2D eigenvalue weighted by Gasteiger charge is 2.36. The molecular formula is C18H17ClF2N2O2. The van der Waals surface area contributed by atoms with Gasteiger partial charge in [0.2, 0.25) is 11.8 Å². The van der Waals surface area contributed by atoms with Gasteiger partial charge in [0.05, 0.1) is 5.69 Å². The summed E-state index contributed by atoms with van der Waals surface area (Å²) in [5, 5.41) is 5.54. The van der Waals surface area contributed by atoms with Gasteiger partial charge in [0.1, 0.15) is 17.0 Å². The number of carbonyl (C=O) groups excluding carboxylic acids is 2. The molecule has 0 heterocycles. The van der Waals surface area contributed by atoms with E-state index in [1.54, 1.807) is 24.3 Å². The van der Waals surface area contributed by atoms with Gasteiger partial charge in [-0.3, -0.25) is 9.59 Å². The predicted molar refractivity (Wildman–Crippen MR) is 92.1 cm³/mol. The van der Waals surface area contributed by atoms with Gasteiger partial charge >= 0.3 is 0 Å². The van der Waals surface area contributed by atoms with Crippen molar-refractivity contribution in [2.24, 2.45) is 5.41 Å². The molecule has 0 spiro atoms. The SMILES string of the molecule is CC(C)(C(=O)NCc1ccc(Cl)cc1)C(=O)Nc1ccc(F)cc1F. The molecule has 0 aliphatic carbocycles. The zero-order valence-corrected chi connectivity index (χ0v) is 14.5. The lowest BCUT2D eigenvalue weighted by Crippen LogP contribution is -2.45. The molecule has 0 saturated carbocycles. The first-order chi connectivity index (χ1) is 11.7. The number of halogens is 3. The summed E-state index contributed by atoms with van der Waals surface area (Å²) in [7, 11) is 0. The van der Waals surface area contributed by atoms with Crippen LogP contribution in [0.25, 0.3) is 0 Å². The standard InChI is InChI=1S/C18H17ClF2N2O2/c1-18(2,16(24)22-10-11-3-5-12(19)6-4-11)17(25)23-15-8-7-13(20)9-14(15)21/h3-9H,10H2,1-2H3,(H,22,24)(H,23,25). The summed E-state index contributed by atoms with van der Waals surface area (Å²) in [6, 6.07) is 9.67. The summed E-state index contributed by atoms with van der Waals surface area (Å²) in [6.45, 7) is 3.06. The van der Waals surface area contributed by atoms with Gasteiger partial charge in [-0.05, 0) is 43.7 Å². The van der Waals surface area contributed by atoms with Gasteiger partial charge in [-0.1, -0.05) is 23.7 Å². The molecule has 0 aliphatic heterocycles. The Kier molecular flexibility index (Phi) is 5.74. The molecule has 0 unspecified atom stereocenters. The fourth-order valence-electron chi connectivity index (χ4n) is 1.98. The number of hydrogen-bond donors (Lipinski definition) is 2. The molecule has 2 aromatic rings. The molecule has 2 amide bonds. The van der Waals surface area contributed by atoms with E-state index < -0.39 is 28.9 Å². The van der Waals surface area contributed by atoms with E-state index in [-0.39, 0.29) is 12.2 Å². The minimum absolute atomic E-state index is 0.190. The third kappa shape index (κ3) is 4.76. The second kappa shape index (κ2) is 7.61. The molecule has 25 heavy (non-hydrogen) atoms. The predicted octanol–water partition coefficient (Wildman–Crippen LogP) is 3.90. The van der Waals surface area contributed by atoms with Gasteiger partial charge in [0, 0.05) is 17.6 Å². The van der Waals surface area contributed by atoms with Crippen LogP contribution in [0.4, 0.5) is 14.5 Å². The average Bonchev–Trinajstić information content (AvgIpc) is 2.56. The van der Waals surface area contributed by atoms with Crippen molar-refractivity contribution in [2.75, 3.05) is 5.32 Å². The smallest absolute Gasteiger partial charge is 0.239 e. The number of anilines is 1. The van der Waals surface area contributed by atoms with E-state index in [1.807, 2.05) is 0 Å². The lowest BCUT2D eigenvalue weighted by molar-refractivity contribution is -0.138. The summed E-state index contributed by atoms with van der Waals surface area (Å²) >= 11 is 5.79. The minimum Gasteiger partial charge on any atom is -0.351 e. The Morgan fingerprint density at radius 3 is 2.28 bits per heavy atom. The maximum atomic E-state index is 13.6. The molecule has 0 saturated heterocycles. The van der Waals surface area contributed by atoms with Crippen molar-refractivity contribution < 1.29 is 18.4 Å². The molecule has 4 nitrogen and oxygen atoms in total. The van der Waals surface area contributed by atoms with Crippen LogP contribution in [-0.4, -0.2) is 11.8 Å². The summed E-state index contributed by atoms with van der Waals surface area (Å²) in [4.78, 5) is 24.6. The average molecular weight is 367 g/mol. The van der Waals surface area contributed by atoms with Crippen molar-refractivity contribution in [3.63, 3.8) is 0 Å². The first-order valence-electron chi connectivity index (χ1n) is 7.49. The normalized spacial score (nSPS) is 11.1. The van der Waals surface area contributed by atoms with E-state index >= 15 is 0 Å². The molecule has 0 aromatic heterocycles. The monoisotopic (exact) mass is 366 g/mol. The lowest BCUT2D eigenvalue weighted by Gasteiger charge is -2.23. The second-order valence-corrected chi connectivity index (χ2v) is 6.45. The van der Waals surface area contributed by atoms with Crippen molar-refractivity contribution >= 4 is 29.1 Å². The van der Waals surface area contributed by atoms with Crippen LogP contribution >= 0.6 is 11.6 Å². The van der Waals surface area contributed by atoms with E-state index in [1.165, 1.54) is 13.8 Å². The quantitative estimate of drug-likeness (QED) is 0.788. The molecule has 7 heteroatoms. The number of nitrogens with one attached hydrogen (secondary N) is 2. The van der Waals surface area contributed by atoms with Crippen molar-refractivity contribution in [1.29, 1.82) is 0 Å². The minimum atomic E-state index is -1.45. The van der Waals surface area contributed by atoms with Crippen molar-refractivity contribution in [1.82, 2.24) is 5.32 Å². The molecule has 0 radical (unpaired) electrons. The van der Waals surface area contributed by atoms with Crippen molar-refractivity contribution in [2.45, 2.75) is 20.4 Å². The summed E-state index contributed by atoms with van der Waals surface area (Å²) in [6.07, 6.45) is 0. The first-order valence-corrected chi connectivity index (χ1v) is 7.87. The molecule has 2 rings (SSSR count). The summed E-state index contributed by atoms with van der Waals surface area (Å²) in [5.41, 5.74) is -0.823. The van der Waals surface area contributed by atoms with Crippen LogP contribution in [0.3, 0.4) is 0 Å². The molecule has 0 aliphatic rings. The summed E-state index contributed by atoms with van der Waals surface area (Å²) < 4.78 is 26.5. The van der Waals surface area contributed by atoms with Gasteiger partial charge in [-0.15, -0.1) is 0 Å². The van der Waals surface area contributed by atoms with E-state index in [2.05, 4.69) is 10.6 Å². The zero-order valence-electron chi connectivity index (χ0n) is 13.7. The highest BCUT2D eigenvalue weighted by Crippen LogP contribution is 2.22. The highest BCUT2D eigenvalue weighted by atomic mass is 35.5. The number of amides is 2. The van der Waals surface area contributed by atoms with Crippen LogP contribution in [0.5, 0.6) is 0 Å². The largest absolute Gasteiger partial charge is 0.351 e. The zero-order chi connectivity index (χ0) is 18.6. The van der Waals surface area contributed by atoms with E-state index in [4.69, 9.17) is 11.6 Å². The topological polar surface area (TPSA) is 58.2 Å². The maximum absolute atomic E-state index is 13.6. The Morgan fingerprint density at radius 1 is 1.04 bits per heavy atom. The van der Waals surface area contributed by atoms with Crippen LogP contribution < -0.4 is 10.6 Å². The Morgan fingerprint density at radius 2 is 1.68 bits per heavy atom. The number of rotatable bonds is 5. The molecule has 0 atom stereocenters. The van der Waals surface area contributed by atoms with Crippen LogP contribution in [0.15, 0.2) is 42.5 Å².